The summed E-state index contributed by atoms with van der Waals surface area (Å²) in [6, 6.07) is 18.2. The van der Waals surface area contributed by atoms with E-state index in [9.17, 15) is 5.26 Å². The van der Waals surface area contributed by atoms with Crippen molar-refractivity contribution in [2.75, 3.05) is 50.6 Å². The fraction of sp³-hybridized carbons (Fsp3) is 0.320. The minimum Gasteiger partial charge on any atom is -0.491 e. The van der Waals surface area contributed by atoms with Crippen molar-refractivity contribution in [2.45, 2.75) is 6.42 Å². The molecule has 1 aliphatic rings. The summed E-state index contributed by atoms with van der Waals surface area (Å²) in [4.78, 5) is 11.5. The van der Waals surface area contributed by atoms with E-state index in [-0.39, 0.29) is 0 Å². The molecule has 1 aromatic heterocycles. The number of nitriles is 1. The number of aromatic nitrogens is 2. The summed E-state index contributed by atoms with van der Waals surface area (Å²) in [7, 11) is 0. The van der Waals surface area contributed by atoms with Crippen LogP contribution < -0.4 is 14.4 Å². The highest BCUT2D eigenvalue weighted by Crippen LogP contribution is 2.26. The molecule has 1 saturated heterocycles. The third kappa shape index (κ3) is 6.23. The number of hydrogen-bond donors (Lipinski definition) is 1. The van der Waals surface area contributed by atoms with E-state index >= 15 is 0 Å². The van der Waals surface area contributed by atoms with Gasteiger partial charge in [0.25, 0.3) is 0 Å². The van der Waals surface area contributed by atoms with E-state index in [1.54, 1.807) is 6.20 Å². The molecule has 8 heteroatoms. The number of anilines is 1. The van der Waals surface area contributed by atoms with Crippen LogP contribution in [0.25, 0.3) is 11.3 Å². The molecule has 33 heavy (non-hydrogen) atoms. The highest BCUT2D eigenvalue weighted by molar-refractivity contribution is 7.96. The van der Waals surface area contributed by atoms with Crippen molar-refractivity contribution in [1.82, 2.24) is 14.7 Å². The normalized spacial score (nSPS) is 13.5. The van der Waals surface area contributed by atoms with Gasteiger partial charge in [0.15, 0.2) is 0 Å². The molecular weight excluding hydrogens is 434 g/mol. The number of rotatable bonds is 9. The van der Waals surface area contributed by atoms with Crippen molar-refractivity contribution < 1.29 is 9.47 Å². The van der Waals surface area contributed by atoms with Crippen molar-refractivity contribution in [2.24, 2.45) is 0 Å². The lowest BCUT2D eigenvalue weighted by atomic mass is 10.1. The summed E-state index contributed by atoms with van der Waals surface area (Å²) in [6.45, 7) is 4.60. The Bertz CT molecular complexity index is 1090. The Labute approximate surface area is 198 Å². The molecule has 1 aliphatic heterocycles. The predicted molar refractivity (Wildman–Crippen MR) is 131 cm³/mol. The van der Waals surface area contributed by atoms with Gasteiger partial charge >= 0.3 is 0 Å². The third-order valence-corrected chi connectivity index (χ3v) is 5.87. The Morgan fingerprint density at radius 1 is 1.15 bits per heavy atom. The van der Waals surface area contributed by atoms with Gasteiger partial charge in [0.2, 0.25) is 0 Å². The first-order valence-electron chi connectivity index (χ1n) is 10.9. The highest BCUT2D eigenvalue weighted by atomic mass is 32.2. The van der Waals surface area contributed by atoms with Gasteiger partial charge in [-0.1, -0.05) is 24.1 Å². The number of nitrogens with zero attached hydrogens (tertiary/aromatic N) is 4. The molecule has 1 N–H and O–H groups in total. The van der Waals surface area contributed by atoms with Crippen LogP contribution in [-0.4, -0.2) is 55.7 Å². The molecule has 0 unspecified atom stereocenters. The summed E-state index contributed by atoms with van der Waals surface area (Å²) >= 11 is 1.54. The summed E-state index contributed by atoms with van der Waals surface area (Å²) in [5.41, 5.74) is 4.52. The van der Waals surface area contributed by atoms with Gasteiger partial charge in [-0.2, -0.15) is 5.26 Å². The second-order valence-electron chi connectivity index (χ2n) is 7.57. The van der Waals surface area contributed by atoms with Gasteiger partial charge in [0.1, 0.15) is 24.3 Å². The first kappa shape index (κ1) is 23.1. The molecule has 2 aromatic carbocycles. The maximum atomic E-state index is 9.57. The average Bonchev–Trinajstić information content (AvgIpc) is 2.88. The molecule has 7 nitrogen and oxygen atoms in total. The summed E-state index contributed by atoms with van der Waals surface area (Å²) in [5.74, 6) is 1.33. The van der Waals surface area contributed by atoms with Gasteiger partial charge in [-0.3, -0.25) is 4.72 Å². The molecular formula is C25H27N5O2S. The van der Waals surface area contributed by atoms with Gasteiger partial charge < -0.3 is 14.4 Å². The zero-order valence-electron chi connectivity index (χ0n) is 18.7. The summed E-state index contributed by atoms with van der Waals surface area (Å²) in [6.07, 6.45) is 4.38. The predicted octanol–water partition coefficient (Wildman–Crippen LogP) is 3.69. The van der Waals surface area contributed by atoms with Crippen LogP contribution in [-0.2, 0) is 11.2 Å². The minimum absolute atomic E-state index is 0.496. The molecule has 0 bridgehead atoms. The Hall–Kier alpha value is -3.12. The third-order valence-electron chi connectivity index (χ3n) is 5.38. The zero-order valence-corrected chi connectivity index (χ0v) is 19.5. The SMILES string of the molecule is CSNCCOc1ccc(-c2ccnc(Cc3ccc(N4CCOCC4)cc3)n2)cc1C#N. The Morgan fingerprint density at radius 2 is 1.97 bits per heavy atom. The number of hydrogen-bond acceptors (Lipinski definition) is 8. The van der Waals surface area contributed by atoms with E-state index in [2.05, 4.69) is 44.9 Å². The van der Waals surface area contributed by atoms with Crippen molar-refractivity contribution in [3.63, 3.8) is 0 Å². The average molecular weight is 462 g/mol. The molecule has 0 amide bonds. The molecule has 0 radical (unpaired) electrons. The van der Waals surface area contributed by atoms with Crippen LogP contribution >= 0.6 is 11.9 Å². The number of ether oxygens (including phenoxy) is 2. The lowest BCUT2D eigenvalue weighted by molar-refractivity contribution is 0.122. The van der Waals surface area contributed by atoms with E-state index < -0.39 is 0 Å². The number of morpholine rings is 1. The van der Waals surface area contributed by atoms with Crippen LogP contribution in [0.15, 0.2) is 54.7 Å². The topological polar surface area (TPSA) is 83.3 Å². The summed E-state index contributed by atoms with van der Waals surface area (Å²) in [5, 5.41) is 9.57. The Kier molecular flexibility index (Phi) is 8.14. The second-order valence-corrected chi connectivity index (χ2v) is 8.27. The highest BCUT2D eigenvalue weighted by Gasteiger charge is 2.12. The van der Waals surface area contributed by atoms with E-state index in [1.165, 1.54) is 17.6 Å². The van der Waals surface area contributed by atoms with Crippen LogP contribution in [0.5, 0.6) is 5.75 Å². The summed E-state index contributed by atoms with van der Waals surface area (Å²) < 4.78 is 14.3. The molecule has 4 rings (SSSR count). The maximum absolute atomic E-state index is 9.57. The Balaban J connectivity index is 1.44. The molecule has 1 fully saturated rings. The first-order valence-corrected chi connectivity index (χ1v) is 12.2. The maximum Gasteiger partial charge on any atom is 0.137 e. The van der Waals surface area contributed by atoms with Crippen LogP contribution in [0.2, 0.25) is 0 Å². The second kappa shape index (κ2) is 11.7. The molecule has 3 aromatic rings. The van der Waals surface area contributed by atoms with Gasteiger partial charge in [-0.15, -0.1) is 0 Å². The zero-order chi connectivity index (χ0) is 22.9. The van der Waals surface area contributed by atoms with E-state index in [0.717, 1.165) is 48.9 Å². The standard InChI is InChI=1S/C25H27N5O2S/c1-33-28-10-13-32-24-7-4-20(17-21(24)18-26)23-8-9-27-25(29-23)16-19-2-5-22(6-3-19)30-11-14-31-15-12-30/h2-9,17,28H,10-16H2,1H3. The Morgan fingerprint density at radius 3 is 2.73 bits per heavy atom. The van der Waals surface area contributed by atoms with Crippen LogP contribution in [0.4, 0.5) is 5.69 Å². The fourth-order valence-corrected chi connectivity index (χ4v) is 3.97. The lowest BCUT2D eigenvalue weighted by Crippen LogP contribution is -2.36. The van der Waals surface area contributed by atoms with E-state index in [0.29, 0.717) is 30.9 Å². The van der Waals surface area contributed by atoms with Crippen LogP contribution in [0, 0.1) is 11.3 Å². The van der Waals surface area contributed by atoms with Crippen molar-refractivity contribution in [3.05, 3.63) is 71.7 Å². The van der Waals surface area contributed by atoms with Crippen molar-refractivity contribution in [1.29, 1.82) is 5.26 Å². The molecule has 2 heterocycles. The van der Waals surface area contributed by atoms with Gasteiger partial charge in [-0.05, 0) is 48.2 Å². The van der Waals surface area contributed by atoms with Gasteiger partial charge in [-0.25, -0.2) is 9.97 Å². The lowest BCUT2D eigenvalue weighted by Gasteiger charge is -2.28. The van der Waals surface area contributed by atoms with E-state index in [1.807, 2.05) is 30.5 Å². The van der Waals surface area contributed by atoms with E-state index in [4.69, 9.17) is 14.5 Å². The number of benzene rings is 2. The van der Waals surface area contributed by atoms with Crippen molar-refractivity contribution >= 4 is 17.6 Å². The molecule has 0 aliphatic carbocycles. The molecule has 0 atom stereocenters. The van der Waals surface area contributed by atoms with Crippen LogP contribution in [0.1, 0.15) is 17.0 Å². The number of nitrogens with one attached hydrogen (secondary N) is 1. The largest absolute Gasteiger partial charge is 0.491 e. The first-order chi connectivity index (χ1) is 16.3. The molecule has 0 saturated carbocycles. The van der Waals surface area contributed by atoms with Gasteiger partial charge in [0.05, 0.1) is 24.5 Å². The molecule has 0 spiro atoms. The van der Waals surface area contributed by atoms with Gasteiger partial charge in [0, 0.05) is 43.5 Å². The quantitative estimate of drug-likeness (QED) is 0.382. The smallest absolute Gasteiger partial charge is 0.137 e. The minimum atomic E-state index is 0.496. The van der Waals surface area contributed by atoms with Crippen LogP contribution in [0.3, 0.4) is 0 Å². The monoisotopic (exact) mass is 461 g/mol. The van der Waals surface area contributed by atoms with Crippen molar-refractivity contribution in [3.8, 4) is 23.1 Å². The fourth-order valence-electron chi connectivity index (χ4n) is 3.68. The molecule has 170 valence electrons.